The van der Waals surface area contributed by atoms with Crippen molar-refractivity contribution in [3.05, 3.63) is 64.8 Å². The van der Waals surface area contributed by atoms with E-state index < -0.39 is 19.2 Å². The Morgan fingerprint density at radius 3 is 2.47 bits per heavy atom. The number of rotatable bonds is 7. The molecule has 30 heavy (non-hydrogen) atoms. The smallest absolute Gasteiger partial charge is 0.387 e. The molecule has 0 aliphatic heterocycles. The van der Waals surface area contributed by atoms with Gasteiger partial charge in [0, 0.05) is 24.5 Å². The lowest BCUT2D eigenvalue weighted by Crippen LogP contribution is -2.30. The topological polar surface area (TPSA) is 71.6 Å². The van der Waals surface area contributed by atoms with E-state index in [4.69, 9.17) is 4.74 Å². The van der Waals surface area contributed by atoms with Crippen molar-refractivity contribution in [3.63, 3.8) is 0 Å². The summed E-state index contributed by atoms with van der Waals surface area (Å²) in [6.07, 6.45) is 0. The highest BCUT2D eigenvalue weighted by atomic mass is 19.3. The van der Waals surface area contributed by atoms with Crippen molar-refractivity contribution in [2.45, 2.75) is 27.0 Å². The molecule has 6 nitrogen and oxygen atoms in total. The second-order valence-electron chi connectivity index (χ2n) is 7.07. The maximum absolute atomic E-state index is 12.3. The van der Waals surface area contributed by atoms with Crippen molar-refractivity contribution in [2.75, 3.05) is 13.7 Å². The summed E-state index contributed by atoms with van der Waals surface area (Å²) in [4.78, 5) is 29.0. The molecule has 8 heteroatoms. The molecule has 2 aromatic carbocycles. The fourth-order valence-corrected chi connectivity index (χ4v) is 3.16. The number of aryl methyl sites for hydroxylation is 2. The number of hydrogen-bond acceptors (Lipinski definition) is 4. The van der Waals surface area contributed by atoms with Gasteiger partial charge in [-0.05, 0) is 54.8 Å². The van der Waals surface area contributed by atoms with Gasteiger partial charge in [-0.25, -0.2) is 4.79 Å². The molecule has 1 N–H and O–H groups in total. The third-order valence-electron chi connectivity index (χ3n) is 4.63. The van der Waals surface area contributed by atoms with Gasteiger partial charge < -0.3 is 19.4 Å². The SMILES string of the molecule is Cc1cc(C)c2cc(C(=O)OCC(=O)N(C)Cc3ccc(OC(F)F)cc3)[nH]c2c1. The van der Waals surface area contributed by atoms with Gasteiger partial charge in [0.25, 0.3) is 5.91 Å². The van der Waals surface area contributed by atoms with Gasteiger partial charge in [0.1, 0.15) is 11.4 Å². The third kappa shape index (κ3) is 5.14. The number of halogens is 2. The molecule has 0 spiro atoms. The van der Waals surface area contributed by atoms with Crippen molar-refractivity contribution in [1.29, 1.82) is 0 Å². The zero-order chi connectivity index (χ0) is 21.8. The molecule has 0 atom stereocenters. The second-order valence-corrected chi connectivity index (χ2v) is 7.07. The van der Waals surface area contributed by atoms with Crippen LogP contribution in [0.25, 0.3) is 10.9 Å². The van der Waals surface area contributed by atoms with E-state index >= 15 is 0 Å². The third-order valence-corrected chi connectivity index (χ3v) is 4.63. The predicted molar refractivity (Wildman–Crippen MR) is 108 cm³/mol. The summed E-state index contributed by atoms with van der Waals surface area (Å²) in [7, 11) is 1.56. The van der Waals surface area contributed by atoms with Gasteiger partial charge in [-0.2, -0.15) is 8.78 Å². The first-order valence-corrected chi connectivity index (χ1v) is 9.27. The van der Waals surface area contributed by atoms with E-state index in [9.17, 15) is 18.4 Å². The molecule has 1 heterocycles. The Balaban J connectivity index is 1.55. The van der Waals surface area contributed by atoms with Crippen LogP contribution in [0, 0.1) is 13.8 Å². The average Bonchev–Trinajstić information content (AvgIpc) is 3.11. The van der Waals surface area contributed by atoms with Gasteiger partial charge in [0.05, 0.1) is 0 Å². The maximum atomic E-state index is 12.3. The summed E-state index contributed by atoms with van der Waals surface area (Å²) in [5, 5.41) is 0.926. The molecule has 3 rings (SSSR count). The zero-order valence-electron chi connectivity index (χ0n) is 16.9. The average molecular weight is 416 g/mol. The predicted octanol–water partition coefficient (Wildman–Crippen LogP) is 4.20. The normalized spacial score (nSPS) is 11.0. The zero-order valence-corrected chi connectivity index (χ0v) is 16.9. The van der Waals surface area contributed by atoms with Crippen molar-refractivity contribution in [3.8, 4) is 5.75 Å². The fraction of sp³-hybridized carbons (Fsp3) is 0.273. The lowest BCUT2D eigenvalue weighted by molar-refractivity contribution is -0.133. The van der Waals surface area contributed by atoms with Crippen LogP contribution >= 0.6 is 0 Å². The quantitative estimate of drug-likeness (QED) is 0.586. The minimum atomic E-state index is -2.89. The van der Waals surface area contributed by atoms with Crippen LogP contribution in [0.3, 0.4) is 0 Å². The molecular weight excluding hydrogens is 394 g/mol. The van der Waals surface area contributed by atoms with E-state index in [2.05, 4.69) is 9.72 Å². The number of benzene rings is 2. The van der Waals surface area contributed by atoms with E-state index in [1.54, 1.807) is 25.2 Å². The fourth-order valence-electron chi connectivity index (χ4n) is 3.16. The van der Waals surface area contributed by atoms with Gasteiger partial charge in [-0.1, -0.05) is 18.2 Å². The first-order valence-electron chi connectivity index (χ1n) is 9.27. The number of aromatic nitrogens is 1. The molecule has 1 aromatic heterocycles. The van der Waals surface area contributed by atoms with E-state index in [1.807, 2.05) is 26.0 Å². The van der Waals surface area contributed by atoms with Crippen LogP contribution < -0.4 is 4.74 Å². The number of hydrogen-bond donors (Lipinski definition) is 1. The highest BCUT2D eigenvalue weighted by molar-refractivity contribution is 5.96. The lowest BCUT2D eigenvalue weighted by atomic mass is 10.1. The van der Waals surface area contributed by atoms with Gasteiger partial charge in [-0.15, -0.1) is 0 Å². The molecule has 1 amide bonds. The number of alkyl halides is 2. The van der Waals surface area contributed by atoms with Crippen LogP contribution in [0.15, 0.2) is 42.5 Å². The Hall–Kier alpha value is -3.42. The van der Waals surface area contributed by atoms with E-state index in [-0.39, 0.29) is 23.9 Å². The summed E-state index contributed by atoms with van der Waals surface area (Å²) >= 11 is 0. The lowest BCUT2D eigenvalue weighted by Gasteiger charge is -2.17. The van der Waals surface area contributed by atoms with Crippen molar-refractivity contribution < 1.29 is 27.8 Å². The first-order chi connectivity index (χ1) is 14.2. The number of likely N-dealkylation sites (N-methyl/N-ethyl adjacent to an activating group) is 1. The Morgan fingerprint density at radius 2 is 1.80 bits per heavy atom. The van der Waals surface area contributed by atoms with E-state index in [0.717, 1.165) is 27.6 Å². The van der Waals surface area contributed by atoms with Crippen LogP contribution in [0.5, 0.6) is 5.75 Å². The first kappa shape index (κ1) is 21.3. The van der Waals surface area contributed by atoms with Gasteiger partial charge in [-0.3, -0.25) is 4.79 Å². The van der Waals surface area contributed by atoms with Gasteiger partial charge >= 0.3 is 12.6 Å². The number of carbonyl (C=O) groups is 2. The largest absolute Gasteiger partial charge is 0.451 e. The number of nitrogens with zero attached hydrogens (tertiary/aromatic N) is 1. The van der Waals surface area contributed by atoms with Crippen LogP contribution in [0.4, 0.5) is 8.78 Å². The highest BCUT2D eigenvalue weighted by Gasteiger charge is 2.16. The molecule has 0 saturated carbocycles. The van der Waals surface area contributed by atoms with E-state index in [1.165, 1.54) is 17.0 Å². The molecule has 0 radical (unpaired) electrons. The van der Waals surface area contributed by atoms with Crippen LogP contribution in [-0.2, 0) is 16.1 Å². The summed E-state index contributed by atoms with van der Waals surface area (Å²) < 4.78 is 33.8. The Labute approximate surface area is 172 Å². The summed E-state index contributed by atoms with van der Waals surface area (Å²) in [6, 6.07) is 11.7. The minimum Gasteiger partial charge on any atom is -0.451 e. The number of amides is 1. The molecular formula is C22H22F2N2O4. The summed E-state index contributed by atoms with van der Waals surface area (Å²) in [5.74, 6) is -0.960. The Bertz CT molecular complexity index is 1060. The molecule has 0 aliphatic rings. The molecule has 0 fully saturated rings. The van der Waals surface area contributed by atoms with Crippen molar-refractivity contribution in [1.82, 2.24) is 9.88 Å². The highest BCUT2D eigenvalue weighted by Crippen LogP contribution is 2.22. The minimum absolute atomic E-state index is 0.0421. The molecule has 0 saturated heterocycles. The van der Waals surface area contributed by atoms with Crippen LogP contribution in [0.2, 0.25) is 0 Å². The monoisotopic (exact) mass is 416 g/mol. The Kier molecular flexibility index (Phi) is 6.34. The van der Waals surface area contributed by atoms with Gasteiger partial charge in [0.15, 0.2) is 6.61 Å². The Morgan fingerprint density at radius 1 is 1.10 bits per heavy atom. The maximum Gasteiger partial charge on any atom is 0.387 e. The van der Waals surface area contributed by atoms with Crippen LogP contribution in [0.1, 0.15) is 27.2 Å². The standard InChI is InChI=1S/C22H22F2N2O4/c1-13-8-14(2)17-10-19(25-18(17)9-13)21(28)29-12-20(27)26(3)11-15-4-6-16(7-5-15)30-22(23)24/h4-10,22,25H,11-12H2,1-3H3. The van der Waals surface area contributed by atoms with E-state index in [0.29, 0.717) is 0 Å². The van der Waals surface area contributed by atoms with Crippen molar-refractivity contribution >= 4 is 22.8 Å². The number of aromatic amines is 1. The molecule has 158 valence electrons. The number of nitrogens with one attached hydrogen (secondary N) is 1. The molecule has 0 bridgehead atoms. The number of fused-ring (bicyclic) bond motifs is 1. The molecule has 0 aliphatic carbocycles. The molecule has 3 aromatic rings. The number of esters is 1. The molecule has 0 unspecified atom stereocenters. The number of ether oxygens (including phenoxy) is 2. The number of H-pyrrole nitrogens is 1. The second kappa shape index (κ2) is 8.94. The summed E-state index contributed by atoms with van der Waals surface area (Å²) in [5.41, 5.74) is 3.96. The van der Waals surface area contributed by atoms with Gasteiger partial charge in [0.2, 0.25) is 0 Å². The van der Waals surface area contributed by atoms with Crippen LogP contribution in [-0.4, -0.2) is 42.0 Å². The summed E-state index contributed by atoms with van der Waals surface area (Å²) in [6.45, 7) is 0.869. The van der Waals surface area contributed by atoms with Crippen molar-refractivity contribution in [2.24, 2.45) is 0 Å². The number of carbonyl (C=O) groups excluding carboxylic acids is 2.